The zero-order chi connectivity index (χ0) is 18.8. The van der Waals surface area contributed by atoms with Gasteiger partial charge in [0.05, 0.1) is 19.0 Å². The van der Waals surface area contributed by atoms with Crippen LogP contribution in [0.25, 0.3) is 16.7 Å². The van der Waals surface area contributed by atoms with Gasteiger partial charge in [-0.1, -0.05) is 30.0 Å². The highest BCUT2D eigenvalue weighted by molar-refractivity contribution is 7.98. The van der Waals surface area contributed by atoms with Gasteiger partial charge in [0, 0.05) is 0 Å². The predicted octanol–water partition coefficient (Wildman–Crippen LogP) is 4.18. The molecule has 9 heteroatoms. The topological polar surface area (TPSA) is 79.1 Å². The summed E-state index contributed by atoms with van der Waals surface area (Å²) in [5.74, 6) is 0.289. The van der Waals surface area contributed by atoms with Gasteiger partial charge in [-0.05, 0) is 29.8 Å². The van der Waals surface area contributed by atoms with Crippen LogP contribution in [0.3, 0.4) is 0 Å². The van der Waals surface area contributed by atoms with Gasteiger partial charge in [-0.25, -0.2) is 14.5 Å². The van der Waals surface area contributed by atoms with Crippen LogP contribution in [0.5, 0.6) is 11.6 Å². The van der Waals surface area contributed by atoms with Crippen molar-refractivity contribution in [3.63, 3.8) is 0 Å². The van der Waals surface area contributed by atoms with E-state index in [1.54, 1.807) is 22.3 Å². The van der Waals surface area contributed by atoms with Gasteiger partial charge >= 0.3 is 5.97 Å². The minimum absolute atomic E-state index is 0.343. The van der Waals surface area contributed by atoms with E-state index in [-0.39, 0.29) is 0 Å². The molecule has 0 aliphatic carbocycles. The molecule has 0 N–H and O–H groups in total. The molecule has 0 atom stereocenters. The highest BCUT2D eigenvalue weighted by Crippen LogP contribution is 2.34. The predicted molar refractivity (Wildman–Crippen MR) is 104 cm³/mol. The molecule has 0 bridgehead atoms. The van der Waals surface area contributed by atoms with Crippen LogP contribution in [0.4, 0.5) is 0 Å². The van der Waals surface area contributed by atoms with E-state index >= 15 is 0 Å². The van der Waals surface area contributed by atoms with Crippen LogP contribution >= 0.6 is 23.1 Å². The molecule has 0 saturated heterocycles. The van der Waals surface area contributed by atoms with Crippen LogP contribution in [-0.2, 0) is 4.74 Å². The zero-order valence-electron chi connectivity index (χ0n) is 14.4. The summed E-state index contributed by atoms with van der Waals surface area (Å²) in [5, 5.41) is 7.41. The quantitative estimate of drug-likeness (QED) is 0.283. The SMILES string of the molecule is COC(=O)c1sccc1Oc1nc(SC)nc2c1cnn2-c1ccccc1. The van der Waals surface area contributed by atoms with Crippen molar-refractivity contribution < 1.29 is 14.3 Å². The van der Waals surface area contributed by atoms with Crippen molar-refractivity contribution in [2.45, 2.75) is 5.16 Å². The van der Waals surface area contributed by atoms with Crippen LogP contribution in [-0.4, -0.2) is 39.1 Å². The molecule has 0 fully saturated rings. The molecule has 0 saturated carbocycles. The van der Waals surface area contributed by atoms with Crippen LogP contribution in [0, 0.1) is 0 Å². The van der Waals surface area contributed by atoms with Gasteiger partial charge in [0.2, 0.25) is 5.88 Å². The second kappa shape index (κ2) is 7.37. The number of para-hydroxylation sites is 1. The maximum atomic E-state index is 11.9. The van der Waals surface area contributed by atoms with Gasteiger partial charge < -0.3 is 9.47 Å². The first kappa shape index (κ1) is 17.5. The van der Waals surface area contributed by atoms with E-state index in [4.69, 9.17) is 9.47 Å². The summed E-state index contributed by atoms with van der Waals surface area (Å²) in [6.07, 6.45) is 3.55. The summed E-state index contributed by atoms with van der Waals surface area (Å²) in [6.45, 7) is 0. The Bertz CT molecular complexity index is 1110. The molecule has 27 heavy (non-hydrogen) atoms. The van der Waals surface area contributed by atoms with Gasteiger partial charge in [-0.15, -0.1) is 11.3 Å². The third kappa shape index (κ3) is 3.26. The Morgan fingerprint density at radius 2 is 2.00 bits per heavy atom. The molecular weight excluding hydrogens is 384 g/mol. The first-order valence-corrected chi connectivity index (χ1v) is 10.0. The maximum Gasteiger partial charge on any atom is 0.351 e. The van der Waals surface area contributed by atoms with E-state index in [9.17, 15) is 4.79 Å². The van der Waals surface area contributed by atoms with Gasteiger partial charge in [-0.3, -0.25) is 0 Å². The van der Waals surface area contributed by atoms with Crippen molar-refractivity contribution in [3.8, 4) is 17.3 Å². The number of thioether (sulfide) groups is 1. The average molecular weight is 398 g/mol. The number of aromatic nitrogens is 4. The molecule has 0 aliphatic heterocycles. The molecule has 0 radical (unpaired) electrons. The Balaban J connectivity index is 1.83. The smallest absolute Gasteiger partial charge is 0.351 e. The van der Waals surface area contributed by atoms with E-state index in [2.05, 4.69) is 15.1 Å². The van der Waals surface area contributed by atoms with Crippen molar-refractivity contribution in [1.82, 2.24) is 19.7 Å². The van der Waals surface area contributed by atoms with E-state index < -0.39 is 5.97 Å². The minimum Gasteiger partial charge on any atom is -0.465 e. The molecule has 0 amide bonds. The summed E-state index contributed by atoms with van der Waals surface area (Å²) >= 11 is 2.65. The first-order valence-electron chi connectivity index (χ1n) is 7.90. The van der Waals surface area contributed by atoms with Crippen LogP contribution in [0.15, 0.2) is 53.1 Å². The molecule has 1 aromatic carbocycles. The molecule has 0 spiro atoms. The number of thiophene rings is 1. The lowest BCUT2D eigenvalue weighted by Gasteiger charge is -2.08. The number of benzene rings is 1. The lowest BCUT2D eigenvalue weighted by molar-refractivity contribution is 0.0603. The van der Waals surface area contributed by atoms with E-state index in [1.165, 1.54) is 30.2 Å². The van der Waals surface area contributed by atoms with Crippen molar-refractivity contribution in [2.75, 3.05) is 13.4 Å². The molecule has 0 unspecified atom stereocenters. The normalized spacial score (nSPS) is 10.9. The second-order valence-corrected chi connectivity index (χ2v) is 7.04. The molecule has 4 rings (SSSR count). The summed E-state index contributed by atoms with van der Waals surface area (Å²) in [6, 6.07) is 11.4. The Labute approximate surface area is 163 Å². The van der Waals surface area contributed by atoms with Gasteiger partial charge in [0.1, 0.15) is 5.39 Å². The summed E-state index contributed by atoms with van der Waals surface area (Å²) in [4.78, 5) is 21.3. The van der Waals surface area contributed by atoms with E-state index in [0.717, 1.165) is 5.69 Å². The number of methoxy groups -OCH3 is 1. The average Bonchev–Trinajstić information content (AvgIpc) is 3.35. The number of hydrogen-bond donors (Lipinski definition) is 0. The number of carbonyl (C=O) groups excluding carboxylic acids is 1. The standard InChI is InChI=1S/C18H14N4O3S2/c1-24-17(23)14-13(8-9-27-14)25-16-12-10-19-22(11-6-4-3-5-7-11)15(12)20-18(21-16)26-2/h3-10H,1-2H3. The fourth-order valence-electron chi connectivity index (χ4n) is 2.51. The Morgan fingerprint density at radius 1 is 1.19 bits per heavy atom. The number of hydrogen-bond acceptors (Lipinski definition) is 8. The number of fused-ring (bicyclic) bond motifs is 1. The van der Waals surface area contributed by atoms with Crippen LogP contribution in [0.2, 0.25) is 0 Å². The van der Waals surface area contributed by atoms with Crippen molar-refractivity contribution in [1.29, 1.82) is 0 Å². The molecule has 7 nitrogen and oxygen atoms in total. The second-order valence-electron chi connectivity index (χ2n) is 5.35. The molecular formula is C18H14N4O3S2. The number of carbonyl (C=O) groups is 1. The highest BCUT2D eigenvalue weighted by Gasteiger charge is 2.20. The summed E-state index contributed by atoms with van der Waals surface area (Å²) in [5.41, 5.74) is 1.51. The van der Waals surface area contributed by atoms with Gasteiger partial charge in [0.15, 0.2) is 21.4 Å². The lowest BCUT2D eigenvalue weighted by Crippen LogP contribution is -2.02. The number of ether oxygens (including phenoxy) is 2. The molecule has 4 aromatic rings. The largest absolute Gasteiger partial charge is 0.465 e. The van der Waals surface area contributed by atoms with Gasteiger partial charge in [0.25, 0.3) is 0 Å². The third-order valence-electron chi connectivity index (χ3n) is 3.76. The van der Waals surface area contributed by atoms with Crippen molar-refractivity contribution in [2.24, 2.45) is 0 Å². The van der Waals surface area contributed by atoms with Crippen LogP contribution < -0.4 is 4.74 Å². The molecule has 3 aromatic heterocycles. The number of esters is 1. The van der Waals surface area contributed by atoms with Crippen molar-refractivity contribution in [3.05, 3.63) is 52.9 Å². The maximum absolute atomic E-state index is 11.9. The van der Waals surface area contributed by atoms with Crippen molar-refractivity contribution >= 4 is 40.1 Å². The number of nitrogens with zero attached hydrogens (tertiary/aromatic N) is 4. The highest BCUT2D eigenvalue weighted by atomic mass is 32.2. The van der Waals surface area contributed by atoms with Gasteiger partial charge in [-0.2, -0.15) is 10.1 Å². The van der Waals surface area contributed by atoms with Crippen LogP contribution in [0.1, 0.15) is 9.67 Å². The zero-order valence-corrected chi connectivity index (χ0v) is 16.1. The van der Waals surface area contributed by atoms with E-state index in [0.29, 0.717) is 32.7 Å². The minimum atomic E-state index is -0.449. The lowest BCUT2D eigenvalue weighted by atomic mass is 10.3. The Morgan fingerprint density at radius 3 is 2.74 bits per heavy atom. The molecule has 3 heterocycles. The summed E-state index contributed by atoms with van der Waals surface area (Å²) < 4.78 is 12.5. The number of rotatable bonds is 5. The molecule has 0 aliphatic rings. The summed E-state index contributed by atoms with van der Waals surface area (Å²) in [7, 11) is 1.34. The Kier molecular flexibility index (Phi) is 4.78. The fourth-order valence-corrected chi connectivity index (χ4v) is 3.60. The monoisotopic (exact) mass is 398 g/mol. The first-order chi connectivity index (χ1) is 13.2. The van der Waals surface area contributed by atoms with E-state index in [1.807, 2.05) is 36.6 Å². The Hall–Kier alpha value is -2.91. The molecule has 136 valence electrons. The third-order valence-corrected chi connectivity index (χ3v) is 5.19. The fraction of sp³-hybridized carbons (Fsp3) is 0.111.